The van der Waals surface area contributed by atoms with Gasteiger partial charge in [0.15, 0.2) is 5.78 Å². The van der Waals surface area contributed by atoms with Gasteiger partial charge in [0.1, 0.15) is 0 Å². The lowest BCUT2D eigenvalue weighted by molar-refractivity contribution is -0.143. The first-order valence-electron chi connectivity index (χ1n) is 10.1. The average molecular weight is 399 g/mol. The zero-order chi connectivity index (χ0) is 22.0. The lowest BCUT2D eigenvalue weighted by atomic mass is 9.85. The maximum absolute atomic E-state index is 12.3. The van der Waals surface area contributed by atoms with Crippen molar-refractivity contribution in [3.8, 4) is 0 Å². The molecule has 1 aromatic carbocycles. The molecule has 29 heavy (non-hydrogen) atoms. The van der Waals surface area contributed by atoms with Gasteiger partial charge < -0.3 is 16.6 Å². The van der Waals surface area contributed by atoms with Crippen molar-refractivity contribution >= 4 is 29.2 Å². The van der Waals surface area contributed by atoms with Crippen LogP contribution in [-0.2, 0) is 16.0 Å². The van der Waals surface area contributed by atoms with E-state index in [1.54, 1.807) is 31.2 Å². The molecule has 0 heterocycles. The Morgan fingerprint density at radius 1 is 1.21 bits per heavy atom. The van der Waals surface area contributed by atoms with Crippen LogP contribution in [0.25, 0.3) is 6.08 Å². The van der Waals surface area contributed by atoms with Gasteiger partial charge in [0.2, 0.25) is 0 Å². The van der Waals surface area contributed by atoms with Crippen LogP contribution in [0.4, 0.5) is 11.4 Å². The third-order valence-electron chi connectivity index (χ3n) is 5.27. The molecular weight excluding hydrogens is 364 g/mol. The minimum atomic E-state index is -0.765. The molecule has 1 aromatic rings. The number of ketones is 1. The van der Waals surface area contributed by atoms with Crippen LogP contribution < -0.4 is 11.5 Å². The maximum atomic E-state index is 12.3. The normalized spacial score (nSPS) is 13.2. The monoisotopic (exact) mass is 398 g/mol. The average Bonchev–Trinajstić information content (AvgIpc) is 2.67. The Labute approximate surface area is 174 Å². The standard InChI is InChI=1S/C24H34N2O3/c1-5-8-19(17(4)24(28)29)11-7-10-16(3)23(27)13-12-18-14-21(25)20(9-6-2)22(26)15-18/h6,12-15,17,19H,2-3,5,7-11,25-26H2,1,4H3,(H,28,29)/b13-12+. The summed E-state index contributed by atoms with van der Waals surface area (Å²) in [6.45, 7) is 11.4. The second kappa shape index (κ2) is 11.9. The van der Waals surface area contributed by atoms with Crippen molar-refractivity contribution in [2.24, 2.45) is 11.8 Å². The number of nitrogen functional groups attached to an aromatic ring is 2. The fraction of sp³-hybridized carbons (Fsp3) is 0.417. The van der Waals surface area contributed by atoms with Gasteiger partial charge in [-0.2, -0.15) is 0 Å². The van der Waals surface area contributed by atoms with Crippen molar-refractivity contribution in [2.45, 2.75) is 52.4 Å². The number of carboxylic acid groups (broad SMARTS) is 1. The van der Waals surface area contributed by atoms with Crippen LogP contribution in [0.1, 0.15) is 57.1 Å². The van der Waals surface area contributed by atoms with Gasteiger partial charge in [-0.3, -0.25) is 9.59 Å². The van der Waals surface area contributed by atoms with E-state index in [1.165, 1.54) is 6.08 Å². The van der Waals surface area contributed by atoms with E-state index in [1.807, 2.05) is 0 Å². The van der Waals surface area contributed by atoms with Crippen LogP contribution in [0.2, 0.25) is 0 Å². The number of allylic oxidation sites excluding steroid dienone is 3. The Balaban J connectivity index is 2.65. The van der Waals surface area contributed by atoms with Crippen molar-refractivity contribution in [3.63, 3.8) is 0 Å². The topological polar surface area (TPSA) is 106 Å². The van der Waals surface area contributed by atoms with E-state index in [0.29, 0.717) is 29.8 Å². The second-order valence-corrected chi connectivity index (χ2v) is 7.54. The lowest BCUT2D eigenvalue weighted by Gasteiger charge is -2.20. The molecule has 5 heteroatoms. The molecule has 0 radical (unpaired) electrons. The van der Waals surface area contributed by atoms with Crippen LogP contribution in [-0.4, -0.2) is 16.9 Å². The summed E-state index contributed by atoms with van der Waals surface area (Å²) >= 11 is 0. The summed E-state index contributed by atoms with van der Waals surface area (Å²) < 4.78 is 0. The predicted octanol–water partition coefficient (Wildman–Crippen LogP) is 5.03. The maximum Gasteiger partial charge on any atom is 0.306 e. The van der Waals surface area contributed by atoms with E-state index in [4.69, 9.17) is 11.5 Å². The molecule has 0 bridgehead atoms. The van der Waals surface area contributed by atoms with Gasteiger partial charge in [0.05, 0.1) is 5.92 Å². The predicted molar refractivity (Wildman–Crippen MR) is 121 cm³/mol. The molecule has 0 aliphatic heterocycles. The molecule has 0 fully saturated rings. The molecule has 0 aliphatic carbocycles. The molecule has 0 saturated carbocycles. The molecule has 0 spiro atoms. The third kappa shape index (κ3) is 7.60. The zero-order valence-corrected chi connectivity index (χ0v) is 17.6. The minimum absolute atomic E-state index is 0.121. The molecule has 0 aliphatic rings. The molecule has 158 valence electrons. The number of carbonyl (C=O) groups excluding carboxylic acids is 1. The second-order valence-electron chi connectivity index (χ2n) is 7.54. The highest BCUT2D eigenvalue weighted by atomic mass is 16.4. The summed E-state index contributed by atoms with van der Waals surface area (Å²) in [6.07, 6.45) is 9.40. The lowest BCUT2D eigenvalue weighted by Crippen LogP contribution is -2.20. The highest BCUT2D eigenvalue weighted by molar-refractivity contribution is 6.05. The molecule has 5 N–H and O–H groups in total. The van der Waals surface area contributed by atoms with E-state index in [2.05, 4.69) is 20.1 Å². The highest BCUT2D eigenvalue weighted by Crippen LogP contribution is 2.26. The first-order chi connectivity index (χ1) is 13.7. The Bertz CT molecular complexity index is 757. The number of aliphatic carboxylic acids is 1. The van der Waals surface area contributed by atoms with Crippen LogP contribution in [0.5, 0.6) is 0 Å². The Morgan fingerprint density at radius 2 is 1.83 bits per heavy atom. The van der Waals surface area contributed by atoms with Crippen molar-refractivity contribution in [2.75, 3.05) is 11.5 Å². The van der Waals surface area contributed by atoms with Crippen molar-refractivity contribution in [1.82, 2.24) is 0 Å². The van der Waals surface area contributed by atoms with E-state index in [9.17, 15) is 14.7 Å². The number of carboxylic acids is 1. The molecule has 0 aromatic heterocycles. The van der Waals surface area contributed by atoms with E-state index < -0.39 is 5.97 Å². The summed E-state index contributed by atoms with van der Waals surface area (Å²) in [5.41, 5.74) is 15.3. The fourth-order valence-electron chi connectivity index (χ4n) is 3.43. The number of hydrogen-bond acceptors (Lipinski definition) is 4. The first-order valence-corrected chi connectivity index (χ1v) is 10.1. The largest absolute Gasteiger partial charge is 0.481 e. The summed E-state index contributed by atoms with van der Waals surface area (Å²) in [5.74, 6) is -1.16. The SMILES string of the molecule is C=CCc1c(N)cc(/C=C/C(=O)C(=C)CCCC(CCC)C(C)C(=O)O)cc1N. The van der Waals surface area contributed by atoms with Crippen LogP contribution in [0, 0.1) is 11.8 Å². The Kier molecular flexibility index (Phi) is 9.93. The number of nitrogens with two attached hydrogens (primary N) is 2. The van der Waals surface area contributed by atoms with Gasteiger partial charge in [-0.15, -0.1) is 6.58 Å². The zero-order valence-electron chi connectivity index (χ0n) is 17.6. The molecule has 2 unspecified atom stereocenters. The fourth-order valence-corrected chi connectivity index (χ4v) is 3.43. The summed E-state index contributed by atoms with van der Waals surface area (Å²) in [5, 5.41) is 9.24. The Morgan fingerprint density at radius 3 is 2.34 bits per heavy atom. The quantitative estimate of drug-likeness (QED) is 0.245. The van der Waals surface area contributed by atoms with Gasteiger partial charge >= 0.3 is 5.97 Å². The number of carbonyl (C=O) groups is 2. The smallest absolute Gasteiger partial charge is 0.306 e. The number of rotatable bonds is 13. The van der Waals surface area contributed by atoms with Gasteiger partial charge in [-0.1, -0.05) is 39.0 Å². The summed E-state index contributed by atoms with van der Waals surface area (Å²) in [4.78, 5) is 23.6. The van der Waals surface area contributed by atoms with Gasteiger partial charge in [-0.05, 0) is 67.4 Å². The van der Waals surface area contributed by atoms with Crippen LogP contribution >= 0.6 is 0 Å². The third-order valence-corrected chi connectivity index (χ3v) is 5.27. The minimum Gasteiger partial charge on any atom is -0.481 e. The summed E-state index contributed by atoms with van der Waals surface area (Å²) in [6, 6.07) is 3.56. The Hall–Kier alpha value is -2.82. The van der Waals surface area contributed by atoms with Crippen molar-refractivity contribution in [3.05, 3.63) is 54.1 Å². The van der Waals surface area contributed by atoms with Crippen LogP contribution in [0.3, 0.4) is 0 Å². The number of benzene rings is 1. The van der Waals surface area contributed by atoms with E-state index in [0.717, 1.165) is 36.8 Å². The van der Waals surface area contributed by atoms with Crippen molar-refractivity contribution in [1.29, 1.82) is 0 Å². The number of anilines is 2. The molecule has 0 amide bonds. The highest BCUT2D eigenvalue weighted by Gasteiger charge is 2.22. The molecule has 5 nitrogen and oxygen atoms in total. The van der Waals surface area contributed by atoms with Crippen LogP contribution in [0.15, 0.2) is 43.0 Å². The first kappa shape index (κ1) is 24.2. The molecular formula is C24H34N2O3. The molecule has 2 atom stereocenters. The number of hydrogen-bond donors (Lipinski definition) is 3. The van der Waals surface area contributed by atoms with Gasteiger partial charge in [0, 0.05) is 16.9 Å². The summed E-state index contributed by atoms with van der Waals surface area (Å²) in [7, 11) is 0. The molecule has 1 rings (SSSR count). The van der Waals surface area contributed by atoms with E-state index in [-0.39, 0.29) is 17.6 Å². The molecule has 0 saturated heterocycles. The van der Waals surface area contributed by atoms with Gasteiger partial charge in [-0.25, -0.2) is 0 Å². The van der Waals surface area contributed by atoms with Crippen molar-refractivity contribution < 1.29 is 14.7 Å². The van der Waals surface area contributed by atoms with E-state index >= 15 is 0 Å². The van der Waals surface area contributed by atoms with Gasteiger partial charge in [0.25, 0.3) is 0 Å².